The van der Waals surface area contributed by atoms with Gasteiger partial charge in [-0.2, -0.15) is 4.68 Å². The molecule has 0 radical (unpaired) electrons. The molecule has 0 unspecified atom stereocenters. The van der Waals surface area contributed by atoms with Crippen LogP contribution in [-0.2, 0) is 0 Å². The van der Waals surface area contributed by atoms with Crippen LogP contribution in [0.1, 0.15) is 16.2 Å². The summed E-state index contributed by atoms with van der Waals surface area (Å²) < 4.78 is 5.80. The second-order valence-electron chi connectivity index (χ2n) is 4.23. The fourth-order valence-corrected chi connectivity index (χ4v) is 1.79. The van der Waals surface area contributed by atoms with Gasteiger partial charge in [0, 0.05) is 5.69 Å². The lowest BCUT2D eigenvalue weighted by atomic mass is 10.3. The number of carbonyl (C=O) groups excluding carboxylic acids is 1. The molecule has 1 aromatic carbocycles. The minimum absolute atomic E-state index is 0.0676. The van der Waals surface area contributed by atoms with E-state index in [-0.39, 0.29) is 23.2 Å². The van der Waals surface area contributed by atoms with Gasteiger partial charge >= 0.3 is 0 Å². The van der Waals surface area contributed by atoms with Gasteiger partial charge in [0.15, 0.2) is 5.69 Å². The van der Waals surface area contributed by atoms with Gasteiger partial charge in [-0.15, -0.1) is 5.10 Å². The van der Waals surface area contributed by atoms with Crippen LogP contribution in [-0.4, -0.2) is 31.2 Å². The molecule has 0 aliphatic rings. The summed E-state index contributed by atoms with van der Waals surface area (Å²) >= 11 is 0. The molecule has 21 heavy (non-hydrogen) atoms. The SMILES string of the molecule is Cc1c(C(=O)Nc2ccccc2)nnn1-c1nonc1N. The standard InChI is InChI=1S/C12H11N7O2/c1-7-9(12(20)14-8-5-3-2-4-6-8)15-18-19(7)11-10(13)16-21-17-11/h2-6H,1H3,(H2,13,16)(H,14,20). The summed E-state index contributed by atoms with van der Waals surface area (Å²) in [5, 5.41) is 17.5. The highest BCUT2D eigenvalue weighted by Crippen LogP contribution is 2.15. The minimum atomic E-state index is -0.375. The van der Waals surface area contributed by atoms with Crippen LogP contribution < -0.4 is 11.1 Å². The number of nitrogen functional groups attached to an aromatic ring is 1. The molecule has 3 aromatic rings. The van der Waals surface area contributed by atoms with Crippen molar-refractivity contribution in [1.29, 1.82) is 0 Å². The number of anilines is 2. The molecular formula is C12H11N7O2. The van der Waals surface area contributed by atoms with Crippen molar-refractivity contribution in [3.8, 4) is 5.82 Å². The molecule has 0 fully saturated rings. The first kappa shape index (κ1) is 12.8. The first-order chi connectivity index (χ1) is 10.2. The molecule has 0 aliphatic carbocycles. The second-order valence-corrected chi connectivity index (χ2v) is 4.23. The number of nitrogens with two attached hydrogens (primary N) is 1. The van der Waals surface area contributed by atoms with Crippen LogP contribution in [0.3, 0.4) is 0 Å². The Morgan fingerprint density at radius 2 is 2.05 bits per heavy atom. The van der Waals surface area contributed by atoms with E-state index in [1.165, 1.54) is 4.68 Å². The Kier molecular flexibility index (Phi) is 3.07. The summed E-state index contributed by atoms with van der Waals surface area (Å²) in [6.07, 6.45) is 0. The average Bonchev–Trinajstić information content (AvgIpc) is 3.05. The van der Waals surface area contributed by atoms with E-state index in [1.54, 1.807) is 19.1 Å². The van der Waals surface area contributed by atoms with Crippen LogP contribution in [0.15, 0.2) is 35.0 Å². The highest BCUT2D eigenvalue weighted by atomic mass is 16.6. The third-order valence-electron chi connectivity index (χ3n) is 2.84. The Hall–Kier alpha value is -3.23. The number of amides is 1. The zero-order chi connectivity index (χ0) is 14.8. The number of nitrogens with zero attached hydrogens (tertiary/aromatic N) is 5. The molecule has 9 heteroatoms. The lowest BCUT2D eigenvalue weighted by Crippen LogP contribution is -2.14. The van der Waals surface area contributed by atoms with E-state index in [2.05, 4.69) is 30.6 Å². The second kappa shape index (κ2) is 5.04. The van der Waals surface area contributed by atoms with Gasteiger partial charge in [-0.25, -0.2) is 4.63 Å². The maximum Gasteiger partial charge on any atom is 0.278 e. The highest BCUT2D eigenvalue weighted by molar-refractivity contribution is 6.03. The Morgan fingerprint density at radius 1 is 1.29 bits per heavy atom. The van der Waals surface area contributed by atoms with E-state index in [1.807, 2.05) is 18.2 Å². The molecule has 0 saturated carbocycles. The molecule has 9 nitrogen and oxygen atoms in total. The van der Waals surface area contributed by atoms with Gasteiger partial charge in [0.05, 0.1) is 5.69 Å². The van der Waals surface area contributed by atoms with E-state index >= 15 is 0 Å². The van der Waals surface area contributed by atoms with Crippen molar-refractivity contribution in [2.24, 2.45) is 0 Å². The topological polar surface area (TPSA) is 125 Å². The van der Waals surface area contributed by atoms with E-state index in [0.29, 0.717) is 11.4 Å². The van der Waals surface area contributed by atoms with E-state index in [4.69, 9.17) is 5.73 Å². The van der Waals surface area contributed by atoms with Gasteiger partial charge in [-0.05, 0) is 29.4 Å². The normalized spacial score (nSPS) is 10.5. The quantitative estimate of drug-likeness (QED) is 0.728. The van der Waals surface area contributed by atoms with Crippen LogP contribution in [0.25, 0.3) is 5.82 Å². The molecule has 0 atom stereocenters. The van der Waals surface area contributed by atoms with Crippen LogP contribution in [0, 0.1) is 6.92 Å². The largest absolute Gasteiger partial charge is 0.378 e. The highest BCUT2D eigenvalue weighted by Gasteiger charge is 2.20. The Labute approximate surface area is 118 Å². The molecule has 1 amide bonds. The first-order valence-electron chi connectivity index (χ1n) is 6.04. The monoisotopic (exact) mass is 285 g/mol. The molecule has 3 N–H and O–H groups in total. The number of para-hydroxylation sites is 1. The number of carbonyl (C=O) groups is 1. The minimum Gasteiger partial charge on any atom is -0.378 e. The van der Waals surface area contributed by atoms with E-state index < -0.39 is 0 Å². The molecule has 0 bridgehead atoms. The molecule has 106 valence electrons. The van der Waals surface area contributed by atoms with Crippen molar-refractivity contribution < 1.29 is 9.42 Å². The van der Waals surface area contributed by atoms with Crippen molar-refractivity contribution in [1.82, 2.24) is 25.3 Å². The van der Waals surface area contributed by atoms with Crippen molar-refractivity contribution in [2.45, 2.75) is 6.92 Å². The van der Waals surface area contributed by atoms with Crippen molar-refractivity contribution >= 4 is 17.4 Å². The summed E-state index contributed by atoms with van der Waals surface area (Å²) in [6, 6.07) is 9.05. The number of nitrogens with one attached hydrogen (secondary N) is 1. The smallest absolute Gasteiger partial charge is 0.278 e. The zero-order valence-corrected chi connectivity index (χ0v) is 11.0. The van der Waals surface area contributed by atoms with Gasteiger partial charge in [0.25, 0.3) is 5.91 Å². The number of benzene rings is 1. The third-order valence-corrected chi connectivity index (χ3v) is 2.84. The predicted molar refractivity (Wildman–Crippen MR) is 72.8 cm³/mol. The number of hydrogen-bond donors (Lipinski definition) is 2. The molecule has 0 saturated heterocycles. The van der Waals surface area contributed by atoms with Gasteiger partial charge < -0.3 is 11.1 Å². The molecular weight excluding hydrogens is 274 g/mol. The fourth-order valence-electron chi connectivity index (χ4n) is 1.79. The maximum absolute atomic E-state index is 12.2. The summed E-state index contributed by atoms with van der Waals surface area (Å²) in [7, 11) is 0. The lowest BCUT2D eigenvalue weighted by molar-refractivity contribution is 0.102. The van der Waals surface area contributed by atoms with Crippen molar-refractivity contribution in [2.75, 3.05) is 11.1 Å². The third kappa shape index (κ3) is 2.31. The Bertz CT molecular complexity index is 778. The van der Waals surface area contributed by atoms with Crippen LogP contribution in [0.2, 0.25) is 0 Å². The predicted octanol–water partition coefficient (Wildman–Crippen LogP) is 0.793. The van der Waals surface area contributed by atoms with Gasteiger partial charge in [0.2, 0.25) is 11.6 Å². The Balaban J connectivity index is 1.89. The number of rotatable bonds is 3. The average molecular weight is 285 g/mol. The van der Waals surface area contributed by atoms with Crippen LogP contribution >= 0.6 is 0 Å². The zero-order valence-electron chi connectivity index (χ0n) is 11.0. The van der Waals surface area contributed by atoms with Crippen LogP contribution in [0.4, 0.5) is 11.5 Å². The molecule has 0 spiro atoms. The summed E-state index contributed by atoms with van der Waals surface area (Å²) in [5.74, 6) is -0.114. The lowest BCUT2D eigenvalue weighted by Gasteiger charge is -2.03. The van der Waals surface area contributed by atoms with Gasteiger partial charge in [-0.1, -0.05) is 23.4 Å². The fraction of sp³-hybridized carbons (Fsp3) is 0.0833. The first-order valence-corrected chi connectivity index (χ1v) is 6.04. The van der Waals surface area contributed by atoms with Crippen molar-refractivity contribution in [3.63, 3.8) is 0 Å². The van der Waals surface area contributed by atoms with E-state index in [9.17, 15) is 4.79 Å². The van der Waals surface area contributed by atoms with Crippen molar-refractivity contribution in [3.05, 3.63) is 41.7 Å². The number of hydrogen-bond acceptors (Lipinski definition) is 7. The summed E-state index contributed by atoms with van der Waals surface area (Å²) in [6.45, 7) is 1.67. The Morgan fingerprint density at radius 3 is 2.71 bits per heavy atom. The van der Waals surface area contributed by atoms with Gasteiger partial charge in [0.1, 0.15) is 0 Å². The molecule has 2 heterocycles. The number of aromatic nitrogens is 5. The van der Waals surface area contributed by atoms with E-state index in [0.717, 1.165) is 0 Å². The summed E-state index contributed by atoms with van der Waals surface area (Å²) in [4.78, 5) is 12.2. The molecule has 2 aromatic heterocycles. The molecule has 0 aliphatic heterocycles. The molecule has 3 rings (SSSR count). The van der Waals surface area contributed by atoms with Gasteiger partial charge in [-0.3, -0.25) is 4.79 Å². The maximum atomic E-state index is 12.2. The van der Waals surface area contributed by atoms with Crippen LogP contribution in [0.5, 0.6) is 0 Å². The summed E-state index contributed by atoms with van der Waals surface area (Å²) in [5.41, 5.74) is 6.91.